The van der Waals surface area contributed by atoms with Crippen LogP contribution in [0.5, 0.6) is 5.75 Å². The van der Waals surface area contributed by atoms with Crippen molar-refractivity contribution in [2.24, 2.45) is 0 Å². The van der Waals surface area contributed by atoms with Crippen molar-refractivity contribution in [1.29, 1.82) is 0 Å². The summed E-state index contributed by atoms with van der Waals surface area (Å²) in [5.41, 5.74) is 1.41. The summed E-state index contributed by atoms with van der Waals surface area (Å²) < 4.78 is 56.9. The van der Waals surface area contributed by atoms with Crippen LogP contribution in [0, 0.1) is 0 Å². The number of ether oxygens (including phenoxy) is 1. The molecule has 3 rings (SSSR count). The second-order valence-corrected chi connectivity index (χ2v) is 10.0. The number of hydrogen-bond acceptors (Lipinski definition) is 5. The summed E-state index contributed by atoms with van der Waals surface area (Å²) >= 11 is 1.41. The molecule has 1 aliphatic carbocycles. The fraction of sp³-hybridized carbons (Fsp3) is 0.526. The highest BCUT2D eigenvalue weighted by Crippen LogP contribution is 2.35. The van der Waals surface area contributed by atoms with Crippen molar-refractivity contribution in [2.45, 2.75) is 51.8 Å². The van der Waals surface area contributed by atoms with Crippen molar-refractivity contribution in [3.63, 3.8) is 0 Å². The van der Waals surface area contributed by atoms with Crippen molar-refractivity contribution in [3.8, 4) is 5.75 Å². The predicted octanol–water partition coefficient (Wildman–Crippen LogP) is 3.19. The molecule has 1 fully saturated rings. The van der Waals surface area contributed by atoms with Gasteiger partial charge < -0.3 is 10.1 Å². The molecule has 0 spiro atoms. The fourth-order valence-electron chi connectivity index (χ4n) is 3.29. The van der Waals surface area contributed by atoms with E-state index in [9.17, 15) is 22.0 Å². The van der Waals surface area contributed by atoms with Crippen molar-refractivity contribution < 1.29 is 26.7 Å². The van der Waals surface area contributed by atoms with Gasteiger partial charge >= 0.3 is 6.61 Å². The second-order valence-electron chi connectivity index (χ2n) is 7.08. The van der Waals surface area contributed by atoms with Crippen molar-refractivity contribution in [1.82, 2.24) is 9.62 Å². The van der Waals surface area contributed by atoms with Crippen LogP contribution in [0.4, 0.5) is 8.78 Å². The standard InChI is InChI=1S/C19H24F2N2O4S2/c1-3-12(2)22-18(24)17-10-28-11-23(17)29(25,26)16-7-5-13-8-15(27-19(20)21)6-4-14(13)9-16/h4,6,8-9,12,17,19H,3,5,7,10-11H2,1-2H3,(H,22,24). The normalized spacial score (nSPS) is 20.9. The quantitative estimate of drug-likeness (QED) is 0.696. The number of alkyl halides is 2. The number of carbonyl (C=O) groups is 1. The van der Waals surface area contributed by atoms with Crippen LogP contribution >= 0.6 is 11.8 Å². The van der Waals surface area contributed by atoms with Crippen LogP contribution in [0.3, 0.4) is 0 Å². The molecule has 1 N–H and O–H groups in total. The molecule has 2 atom stereocenters. The second kappa shape index (κ2) is 9.01. The van der Waals surface area contributed by atoms with Gasteiger partial charge in [0.2, 0.25) is 15.9 Å². The molecule has 1 amide bonds. The molecule has 0 radical (unpaired) electrons. The number of nitrogens with one attached hydrogen (secondary N) is 1. The van der Waals surface area contributed by atoms with Gasteiger partial charge in [0.15, 0.2) is 0 Å². The van der Waals surface area contributed by atoms with Crippen molar-refractivity contribution in [2.75, 3.05) is 11.6 Å². The Morgan fingerprint density at radius 1 is 1.38 bits per heavy atom. The number of hydrogen-bond donors (Lipinski definition) is 1. The van der Waals surface area contributed by atoms with E-state index in [4.69, 9.17) is 0 Å². The lowest BCUT2D eigenvalue weighted by Gasteiger charge is -2.26. The number of aryl methyl sites for hydroxylation is 1. The summed E-state index contributed by atoms with van der Waals surface area (Å²) in [6.45, 7) is 0.922. The van der Waals surface area contributed by atoms with Crippen LogP contribution < -0.4 is 10.1 Å². The number of rotatable bonds is 7. The Kier molecular flexibility index (Phi) is 6.85. The summed E-state index contributed by atoms with van der Waals surface area (Å²) in [7, 11) is -3.81. The summed E-state index contributed by atoms with van der Waals surface area (Å²) in [5.74, 6) is 0.418. The molecular formula is C19H24F2N2O4S2. The van der Waals surface area contributed by atoms with E-state index in [0.29, 0.717) is 17.7 Å². The molecule has 1 aromatic carbocycles. The minimum atomic E-state index is -3.81. The van der Waals surface area contributed by atoms with Gasteiger partial charge in [-0.1, -0.05) is 13.0 Å². The molecular weight excluding hydrogens is 422 g/mol. The SMILES string of the molecule is CCC(C)NC(=O)C1CSCN1S(=O)(=O)C1=Cc2ccc(OC(F)F)cc2CC1. The maximum Gasteiger partial charge on any atom is 0.387 e. The van der Waals surface area contributed by atoms with Crippen LogP contribution in [-0.4, -0.2) is 49.0 Å². The third-order valence-electron chi connectivity index (χ3n) is 5.08. The number of amides is 1. The first-order valence-electron chi connectivity index (χ1n) is 9.40. The number of nitrogens with zero attached hydrogens (tertiary/aromatic N) is 1. The zero-order chi connectivity index (χ0) is 21.2. The van der Waals surface area contributed by atoms with Gasteiger partial charge in [0.05, 0.1) is 10.8 Å². The van der Waals surface area contributed by atoms with Crippen molar-refractivity contribution in [3.05, 3.63) is 34.2 Å². The van der Waals surface area contributed by atoms with Gasteiger partial charge in [0, 0.05) is 11.8 Å². The Labute approximate surface area is 173 Å². The van der Waals surface area contributed by atoms with Gasteiger partial charge in [-0.25, -0.2) is 8.42 Å². The highest BCUT2D eigenvalue weighted by molar-refractivity contribution is 8.01. The highest BCUT2D eigenvalue weighted by atomic mass is 32.2. The topological polar surface area (TPSA) is 75.7 Å². The minimum Gasteiger partial charge on any atom is -0.435 e. The van der Waals surface area contributed by atoms with Crippen LogP contribution in [0.1, 0.15) is 37.8 Å². The Morgan fingerprint density at radius 2 is 2.14 bits per heavy atom. The molecule has 1 aromatic rings. The maximum atomic E-state index is 13.2. The Morgan fingerprint density at radius 3 is 2.83 bits per heavy atom. The lowest BCUT2D eigenvalue weighted by atomic mass is 9.97. The maximum absolute atomic E-state index is 13.2. The largest absolute Gasteiger partial charge is 0.435 e. The molecule has 0 saturated carbocycles. The monoisotopic (exact) mass is 446 g/mol. The number of sulfonamides is 1. The zero-order valence-electron chi connectivity index (χ0n) is 16.2. The Bertz CT molecular complexity index is 905. The molecule has 160 valence electrons. The number of carbonyl (C=O) groups excluding carboxylic acids is 1. The summed E-state index contributed by atoms with van der Waals surface area (Å²) in [6.07, 6.45) is 2.96. The molecule has 2 aliphatic rings. The highest BCUT2D eigenvalue weighted by Gasteiger charge is 2.41. The van der Waals surface area contributed by atoms with Gasteiger partial charge in [-0.05, 0) is 55.5 Å². The third-order valence-corrected chi connectivity index (χ3v) is 8.24. The van der Waals surface area contributed by atoms with E-state index < -0.39 is 22.7 Å². The van der Waals surface area contributed by atoms with Gasteiger partial charge in [-0.2, -0.15) is 13.1 Å². The Balaban J connectivity index is 1.82. The first-order chi connectivity index (χ1) is 13.7. The number of benzene rings is 1. The van der Waals surface area contributed by atoms with E-state index in [1.54, 1.807) is 12.1 Å². The van der Waals surface area contributed by atoms with Gasteiger partial charge in [-0.15, -0.1) is 11.8 Å². The summed E-state index contributed by atoms with van der Waals surface area (Å²) in [5, 5.41) is 2.86. The summed E-state index contributed by atoms with van der Waals surface area (Å²) in [6, 6.07) is 3.72. The lowest BCUT2D eigenvalue weighted by Crippen LogP contribution is -2.49. The van der Waals surface area contributed by atoms with E-state index in [2.05, 4.69) is 10.1 Å². The minimum absolute atomic E-state index is 0.0249. The smallest absolute Gasteiger partial charge is 0.387 e. The molecule has 0 bridgehead atoms. The molecule has 1 aliphatic heterocycles. The first kappa shape index (κ1) is 22.0. The number of thioether (sulfide) groups is 1. The molecule has 2 unspecified atom stereocenters. The van der Waals surface area contributed by atoms with Gasteiger partial charge in [-0.3, -0.25) is 4.79 Å². The van der Waals surface area contributed by atoms with Crippen molar-refractivity contribution >= 4 is 33.8 Å². The molecule has 10 heteroatoms. The number of allylic oxidation sites excluding steroid dienone is 1. The fourth-order valence-corrected chi connectivity index (χ4v) is 6.62. The molecule has 29 heavy (non-hydrogen) atoms. The van der Waals surface area contributed by atoms with E-state index in [1.807, 2.05) is 13.8 Å². The van der Waals surface area contributed by atoms with E-state index >= 15 is 0 Å². The van der Waals surface area contributed by atoms with E-state index in [-0.39, 0.29) is 34.9 Å². The van der Waals surface area contributed by atoms with E-state index in [0.717, 1.165) is 12.0 Å². The third kappa shape index (κ3) is 4.92. The number of fused-ring (bicyclic) bond motifs is 1. The summed E-state index contributed by atoms with van der Waals surface area (Å²) in [4.78, 5) is 12.8. The molecule has 1 heterocycles. The van der Waals surface area contributed by atoms with Gasteiger partial charge in [0.1, 0.15) is 11.8 Å². The van der Waals surface area contributed by atoms with E-state index in [1.165, 1.54) is 28.2 Å². The Hall–Kier alpha value is -1.65. The molecule has 0 aromatic heterocycles. The van der Waals surface area contributed by atoms with Crippen LogP contribution in [0.15, 0.2) is 23.1 Å². The van der Waals surface area contributed by atoms with Crippen LogP contribution in [-0.2, 0) is 21.2 Å². The average molecular weight is 447 g/mol. The zero-order valence-corrected chi connectivity index (χ0v) is 17.9. The van der Waals surface area contributed by atoms with Gasteiger partial charge in [0.25, 0.3) is 0 Å². The van der Waals surface area contributed by atoms with Crippen LogP contribution in [0.25, 0.3) is 6.08 Å². The molecule has 1 saturated heterocycles. The lowest BCUT2D eigenvalue weighted by molar-refractivity contribution is -0.124. The predicted molar refractivity (Wildman–Crippen MR) is 109 cm³/mol. The average Bonchev–Trinajstić information content (AvgIpc) is 3.17. The first-order valence-corrected chi connectivity index (χ1v) is 12.0. The van der Waals surface area contributed by atoms with Crippen LogP contribution in [0.2, 0.25) is 0 Å². The number of halogens is 2. The molecule has 6 nitrogen and oxygen atoms in total.